The van der Waals surface area contributed by atoms with Crippen LogP contribution in [0.25, 0.3) is 11.4 Å². The standard InChI is InChI=1S/C27H31F11N2O6/c1-41-12-4-2-3-5-14-44-21-16-39-22(40-17-21)19-8-10-20(11-9-19)43-15-7-6-13-42-18-23(28,29)45-26(35,36)27(37,38)46-25(33,34)24(30,31)32/h8-11,16-17H,2-7,12-15,18H2,1H3. The Kier molecular flexibility index (Phi) is 14.7. The van der Waals surface area contributed by atoms with Gasteiger partial charge in [0.15, 0.2) is 11.6 Å². The Hall–Kier alpha value is -3.03. The number of methoxy groups -OCH3 is 1. The molecule has 0 saturated heterocycles. The number of hydrogen-bond acceptors (Lipinski definition) is 8. The van der Waals surface area contributed by atoms with Crippen LogP contribution in [0.2, 0.25) is 0 Å². The first-order valence-corrected chi connectivity index (χ1v) is 13.6. The monoisotopic (exact) mass is 688 g/mol. The molecule has 0 N–H and O–H groups in total. The minimum Gasteiger partial charge on any atom is -0.494 e. The smallest absolute Gasteiger partial charge is 0.483 e. The van der Waals surface area contributed by atoms with Gasteiger partial charge in [0.1, 0.15) is 12.4 Å². The average Bonchev–Trinajstić information content (AvgIpc) is 2.95. The van der Waals surface area contributed by atoms with Crippen LogP contribution in [0.15, 0.2) is 36.7 Å². The van der Waals surface area contributed by atoms with Gasteiger partial charge in [-0.05, 0) is 56.4 Å². The van der Waals surface area contributed by atoms with Crippen LogP contribution < -0.4 is 9.47 Å². The van der Waals surface area contributed by atoms with E-state index in [4.69, 9.17) is 14.2 Å². The first-order chi connectivity index (χ1) is 21.4. The number of benzene rings is 1. The largest absolute Gasteiger partial charge is 0.494 e. The van der Waals surface area contributed by atoms with Gasteiger partial charge in [-0.25, -0.2) is 19.4 Å². The van der Waals surface area contributed by atoms with E-state index in [-0.39, 0.29) is 19.4 Å². The molecule has 0 atom stereocenters. The molecular weight excluding hydrogens is 657 g/mol. The minimum absolute atomic E-state index is 0.0116. The van der Waals surface area contributed by atoms with Crippen molar-refractivity contribution < 1.29 is 76.7 Å². The second kappa shape index (κ2) is 17.2. The predicted octanol–water partition coefficient (Wildman–Crippen LogP) is 7.87. The van der Waals surface area contributed by atoms with Gasteiger partial charge in [-0.15, -0.1) is 0 Å². The molecule has 2 rings (SSSR count). The normalized spacial score (nSPS) is 13.2. The third-order valence-electron chi connectivity index (χ3n) is 5.68. The van der Waals surface area contributed by atoms with Crippen LogP contribution in [0.3, 0.4) is 0 Å². The topological polar surface area (TPSA) is 81.2 Å². The highest BCUT2D eigenvalue weighted by molar-refractivity contribution is 5.56. The lowest BCUT2D eigenvalue weighted by Crippen LogP contribution is -2.55. The Morgan fingerprint density at radius 2 is 1.07 bits per heavy atom. The predicted molar refractivity (Wildman–Crippen MR) is 137 cm³/mol. The van der Waals surface area contributed by atoms with E-state index in [1.807, 2.05) is 0 Å². The molecule has 1 aromatic carbocycles. The minimum atomic E-state index is -6.84. The third-order valence-corrected chi connectivity index (χ3v) is 5.68. The molecule has 1 aromatic heterocycles. The van der Waals surface area contributed by atoms with Gasteiger partial charge in [-0.3, -0.25) is 0 Å². The van der Waals surface area contributed by atoms with Crippen molar-refractivity contribution in [2.45, 2.75) is 69.1 Å². The maximum absolute atomic E-state index is 13.5. The van der Waals surface area contributed by atoms with E-state index < -0.39 is 43.8 Å². The van der Waals surface area contributed by atoms with E-state index in [1.54, 1.807) is 48.5 Å². The summed E-state index contributed by atoms with van der Waals surface area (Å²) in [4.78, 5) is 8.54. The van der Waals surface area contributed by atoms with Gasteiger partial charge in [-0.2, -0.15) is 48.3 Å². The molecule has 1 heterocycles. The summed E-state index contributed by atoms with van der Waals surface area (Å²) in [7, 11) is 1.66. The fraction of sp³-hybridized carbons (Fsp3) is 0.630. The van der Waals surface area contributed by atoms with Crippen molar-refractivity contribution in [3.8, 4) is 22.9 Å². The molecule has 0 amide bonds. The lowest BCUT2D eigenvalue weighted by molar-refractivity contribution is -0.537. The first-order valence-electron chi connectivity index (χ1n) is 13.6. The highest BCUT2D eigenvalue weighted by Gasteiger charge is 2.72. The number of hydrogen-bond donors (Lipinski definition) is 0. The molecule has 262 valence electrons. The molecule has 0 bridgehead atoms. The van der Waals surface area contributed by atoms with Crippen LogP contribution in [-0.4, -0.2) is 80.7 Å². The van der Waals surface area contributed by atoms with E-state index >= 15 is 0 Å². The van der Waals surface area contributed by atoms with E-state index in [0.29, 0.717) is 29.5 Å². The maximum Gasteiger partial charge on any atom is 0.483 e. The van der Waals surface area contributed by atoms with Gasteiger partial charge >= 0.3 is 30.6 Å². The molecule has 19 heteroatoms. The summed E-state index contributed by atoms with van der Waals surface area (Å²) in [6, 6.07) is 6.60. The molecular formula is C27H31F11N2O6. The lowest BCUT2D eigenvalue weighted by Gasteiger charge is -2.31. The molecule has 8 nitrogen and oxygen atoms in total. The summed E-state index contributed by atoms with van der Waals surface area (Å²) < 4.78 is 166. The molecule has 0 aliphatic carbocycles. The quantitative estimate of drug-likeness (QED) is 0.0914. The van der Waals surface area contributed by atoms with Crippen LogP contribution in [0.1, 0.15) is 38.5 Å². The van der Waals surface area contributed by atoms with E-state index in [9.17, 15) is 48.3 Å². The lowest BCUT2D eigenvalue weighted by atomic mass is 10.2. The Morgan fingerprint density at radius 1 is 0.565 bits per heavy atom. The highest BCUT2D eigenvalue weighted by atomic mass is 19.4. The van der Waals surface area contributed by atoms with E-state index in [2.05, 4.69) is 19.4 Å². The SMILES string of the molecule is COCCCCCCOc1cnc(-c2ccc(OCCCCOCC(F)(F)OC(F)(F)C(F)(F)OC(F)(F)C(F)(F)F)cc2)nc1. The molecule has 0 aliphatic heterocycles. The van der Waals surface area contributed by atoms with Gasteiger partial charge < -0.3 is 18.9 Å². The average molecular weight is 689 g/mol. The van der Waals surface area contributed by atoms with E-state index in [1.165, 1.54) is 0 Å². The second-order valence-corrected chi connectivity index (χ2v) is 9.52. The number of nitrogens with zero attached hydrogens (tertiary/aromatic N) is 2. The van der Waals surface area contributed by atoms with Crippen molar-refractivity contribution in [2.75, 3.05) is 40.1 Å². The molecule has 0 aliphatic rings. The van der Waals surface area contributed by atoms with Crippen molar-refractivity contribution in [1.29, 1.82) is 0 Å². The van der Waals surface area contributed by atoms with E-state index in [0.717, 1.165) is 32.3 Å². The van der Waals surface area contributed by atoms with Crippen LogP contribution in [0, 0.1) is 0 Å². The Labute approximate surface area is 256 Å². The molecule has 0 fully saturated rings. The second-order valence-electron chi connectivity index (χ2n) is 9.52. The zero-order valence-electron chi connectivity index (χ0n) is 24.2. The summed E-state index contributed by atoms with van der Waals surface area (Å²) in [5.74, 6) is 1.39. The van der Waals surface area contributed by atoms with Crippen molar-refractivity contribution in [1.82, 2.24) is 9.97 Å². The van der Waals surface area contributed by atoms with Crippen LogP contribution in [0.4, 0.5) is 48.3 Å². The highest BCUT2D eigenvalue weighted by Crippen LogP contribution is 2.47. The Balaban J connectivity index is 1.67. The van der Waals surface area contributed by atoms with Crippen LogP contribution in [-0.2, 0) is 18.9 Å². The van der Waals surface area contributed by atoms with Gasteiger partial charge in [0.2, 0.25) is 0 Å². The summed E-state index contributed by atoms with van der Waals surface area (Å²) in [5.41, 5.74) is 0.678. The summed E-state index contributed by atoms with van der Waals surface area (Å²) in [6.45, 7) is -1.26. The number of aromatic nitrogens is 2. The molecule has 46 heavy (non-hydrogen) atoms. The number of ether oxygens (including phenoxy) is 6. The van der Waals surface area contributed by atoms with Crippen molar-refractivity contribution in [3.63, 3.8) is 0 Å². The first kappa shape index (κ1) is 39.1. The summed E-state index contributed by atoms with van der Waals surface area (Å²) >= 11 is 0. The van der Waals surface area contributed by atoms with Crippen LogP contribution >= 0.6 is 0 Å². The fourth-order valence-electron chi connectivity index (χ4n) is 3.37. The van der Waals surface area contributed by atoms with Crippen LogP contribution in [0.5, 0.6) is 11.5 Å². The summed E-state index contributed by atoms with van der Waals surface area (Å²) in [5, 5.41) is 0. The molecule has 0 unspecified atom stereocenters. The number of alkyl halides is 11. The number of rotatable bonds is 22. The Bertz CT molecular complexity index is 1150. The van der Waals surface area contributed by atoms with Crippen molar-refractivity contribution in [3.05, 3.63) is 36.7 Å². The third kappa shape index (κ3) is 13.0. The van der Waals surface area contributed by atoms with Gasteiger partial charge in [0.25, 0.3) is 0 Å². The Morgan fingerprint density at radius 3 is 1.63 bits per heavy atom. The molecule has 0 saturated carbocycles. The molecule has 0 radical (unpaired) electrons. The number of unbranched alkanes of at least 4 members (excludes halogenated alkanes) is 4. The zero-order chi connectivity index (χ0) is 34.5. The molecule has 2 aromatic rings. The van der Waals surface area contributed by atoms with Crippen molar-refractivity contribution in [2.24, 2.45) is 0 Å². The maximum atomic E-state index is 13.5. The number of halogens is 11. The van der Waals surface area contributed by atoms with Gasteiger partial charge in [0.05, 0.1) is 25.6 Å². The molecule has 0 spiro atoms. The van der Waals surface area contributed by atoms with Gasteiger partial charge in [0, 0.05) is 25.9 Å². The fourth-order valence-corrected chi connectivity index (χ4v) is 3.37. The zero-order valence-corrected chi connectivity index (χ0v) is 24.2. The van der Waals surface area contributed by atoms with Crippen molar-refractivity contribution >= 4 is 0 Å². The van der Waals surface area contributed by atoms with Gasteiger partial charge in [-0.1, -0.05) is 6.42 Å². The summed E-state index contributed by atoms with van der Waals surface area (Å²) in [6.07, 6.45) is -25.0.